The van der Waals surface area contributed by atoms with E-state index in [0.717, 1.165) is 25.1 Å². The molecule has 0 bridgehead atoms. The minimum Gasteiger partial charge on any atom is -0.475 e. The van der Waals surface area contributed by atoms with Crippen molar-refractivity contribution in [2.75, 3.05) is 26.4 Å². The molecule has 3 aromatic rings. The summed E-state index contributed by atoms with van der Waals surface area (Å²) in [7, 11) is 0. The number of hydrogen-bond acceptors (Lipinski definition) is 5. The number of nitrogens with one attached hydrogen (secondary N) is 1. The Labute approximate surface area is 155 Å². The predicted molar refractivity (Wildman–Crippen MR) is 99.7 cm³/mol. The smallest absolute Gasteiger partial charge is 0.241 e. The van der Waals surface area contributed by atoms with E-state index in [-0.39, 0.29) is 11.2 Å². The predicted octanol–water partition coefficient (Wildman–Crippen LogP) is 3.31. The SMILES string of the molecule is Cc1ccc(-c2c[nH]c3c(OCC45CN=C4CCOC5)ncnc23)c(F)c1. The summed E-state index contributed by atoms with van der Waals surface area (Å²) in [5, 5.41) is 0. The number of benzene rings is 1. The third-order valence-corrected chi connectivity index (χ3v) is 5.37. The first-order chi connectivity index (χ1) is 13.2. The molecule has 2 aliphatic rings. The third kappa shape index (κ3) is 2.61. The molecular weight excluding hydrogens is 347 g/mol. The van der Waals surface area contributed by atoms with Crippen molar-refractivity contribution in [3.05, 3.63) is 42.1 Å². The maximum absolute atomic E-state index is 14.4. The summed E-state index contributed by atoms with van der Waals surface area (Å²) in [4.78, 5) is 16.2. The van der Waals surface area contributed by atoms with Gasteiger partial charge >= 0.3 is 0 Å². The Hall–Kier alpha value is -2.80. The van der Waals surface area contributed by atoms with E-state index in [9.17, 15) is 4.39 Å². The Kier molecular flexibility index (Phi) is 3.72. The van der Waals surface area contributed by atoms with Gasteiger partial charge in [0.25, 0.3) is 0 Å². The molecule has 1 fully saturated rings. The van der Waals surface area contributed by atoms with Crippen LogP contribution in [-0.2, 0) is 4.74 Å². The van der Waals surface area contributed by atoms with Crippen molar-refractivity contribution in [3.63, 3.8) is 0 Å². The molecule has 0 radical (unpaired) electrons. The summed E-state index contributed by atoms with van der Waals surface area (Å²) >= 11 is 0. The molecule has 138 valence electrons. The first-order valence-corrected chi connectivity index (χ1v) is 8.99. The molecule has 1 unspecified atom stereocenters. The molecular formula is C20H19FN4O2. The highest BCUT2D eigenvalue weighted by molar-refractivity contribution is 5.96. The summed E-state index contributed by atoms with van der Waals surface area (Å²) in [5.74, 6) is 0.190. The molecule has 0 spiro atoms. The van der Waals surface area contributed by atoms with E-state index in [0.29, 0.717) is 41.3 Å². The lowest BCUT2D eigenvalue weighted by Crippen LogP contribution is -2.53. The van der Waals surface area contributed by atoms with Crippen molar-refractivity contribution < 1.29 is 13.9 Å². The third-order valence-electron chi connectivity index (χ3n) is 5.37. The van der Waals surface area contributed by atoms with Crippen LogP contribution in [0.15, 0.2) is 35.7 Å². The molecule has 5 rings (SSSR count). The van der Waals surface area contributed by atoms with Gasteiger partial charge < -0.3 is 14.5 Å². The second-order valence-electron chi connectivity index (χ2n) is 7.22. The monoisotopic (exact) mass is 366 g/mol. The highest BCUT2D eigenvalue weighted by Crippen LogP contribution is 2.36. The Morgan fingerprint density at radius 1 is 1.30 bits per heavy atom. The zero-order chi connectivity index (χ0) is 18.4. The fourth-order valence-electron chi connectivity index (χ4n) is 3.77. The van der Waals surface area contributed by atoms with Crippen LogP contribution < -0.4 is 4.74 Å². The van der Waals surface area contributed by atoms with E-state index in [1.165, 1.54) is 18.1 Å². The number of aromatic nitrogens is 3. The molecule has 0 saturated carbocycles. The lowest BCUT2D eigenvalue weighted by molar-refractivity contribution is 0.0268. The first kappa shape index (κ1) is 16.4. The minimum absolute atomic E-state index is 0.131. The van der Waals surface area contributed by atoms with Gasteiger partial charge in [0.05, 0.1) is 25.2 Å². The Morgan fingerprint density at radius 2 is 2.22 bits per heavy atom. The van der Waals surface area contributed by atoms with Gasteiger partial charge in [-0.25, -0.2) is 9.37 Å². The van der Waals surface area contributed by atoms with Crippen LogP contribution >= 0.6 is 0 Å². The molecule has 1 saturated heterocycles. The van der Waals surface area contributed by atoms with Crippen LogP contribution in [0, 0.1) is 18.2 Å². The van der Waals surface area contributed by atoms with E-state index in [1.54, 1.807) is 12.3 Å². The Bertz CT molecular complexity index is 1060. The van der Waals surface area contributed by atoms with Gasteiger partial charge in [0, 0.05) is 29.5 Å². The van der Waals surface area contributed by atoms with Crippen LogP contribution in [0.4, 0.5) is 4.39 Å². The average Bonchev–Trinajstić information content (AvgIpc) is 3.07. The molecule has 27 heavy (non-hydrogen) atoms. The average molecular weight is 366 g/mol. The van der Waals surface area contributed by atoms with Crippen molar-refractivity contribution >= 4 is 16.7 Å². The molecule has 2 aromatic heterocycles. The molecule has 4 heterocycles. The van der Waals surface area contributed by atoms with Crippen LogP contribution in [0.3, 0.4) is 0 Å². The number of rotatable bonds is 4. The lowest BCUT2D eigenvalue weighted by Gasteiger charge is -2.42. The van der Waals surface area contributed by atoms with Gasteiger partial charge in [0.2, 0.25) is 5.88 Å². The number of nitrogens with zero attached hydrogens (tertiary/aromatic N) is 3. The van der Waals surface area contributed by atoms with Gasteiger partial charge in [0.1, 0.15) is 29.8 Å². The molecule has 2 aliphatic heterocycles. The van der Waals surface area contributed by atoms with Crippen LogP contribution in [0.2, 0.25) is 0 Å². The number of fused-ring (bicyclic) bond motifs is 2. The second-order valence-corrected chi connectivity index (χ2v) is 7.22. The number of aromatic amines is 1. The standard InChI is InChI=1S/C20H19FN4O2/c1-12-2-3-13(15(21)6-12)14-7-22-18-17(14)24-11-25-19(18)27-10-20-8-23-16(20)4-5-26-9-20/h2-3,6-7,11,22H,4-5,8-10H2,1H3. The van der Waals surface area contributed by atoms with Crippen molar-refractivity contribution in [1.29, 1.82) is 0 Å². The van der Waals surface area contributed by atoms with Crippen LogP contribution in [0.1, 0.15) is 12.0 Å². The van der Waals surface area contributed by atoms with Gasteiger partial charge in [-0.2, -0.15) is 4.98 Å². The number of ether oxygens (including phenoxy) is 2. The maximum Gasteiger partial charge on any atom is 0.241 e. The minimum atomic E-state index is -0.273. The van der Waals surface area contributed by atoms with Crippen molar-refractivity contribution in [3.8, 4) is 17.0 Å². The number of halogens is 1. The van der Waals surface area contributed by atoms with E-state index in [1.807, 2.05) is 13.0 Å². The fourth-order valence-corrected chi connectivity index (χ4v) is 3.77. The molecule has 1 aromatic carbocycles. The summed E-state index contributed by atoms with van der Waals surface area (Å²) in [5.41, 5.74) is 4.42. The molecule has 7 heteroatoms. The Morgan fingerprint density at radius 3 is 3.00 bits per heavy atom. The van der Waals surface area contributed by atoms with Crippen molar-refractivity contribution in [1.82, 2.24) is 15.0 Å². The topological polar surface area (TPSA) is 72.4 Å². The van der Waals surface area contributed by atoms with Gasteiger partial charge in [-0.1, -0.05) is 12.1 Å². The van der Waals surface area contributed by atoms with Gasteiger partial charge in [-0.3, -0.25) is 4.99 Å². The maximum atomic E-state index is 14.4. The van der Waals surface area contributed by atoms with Crippen LogP contribution in [-0.4, -0.2) is 47.0 Å². The summed E-state index contributed by atoms with van der Waals surface area (Å²) in [6, 6.07) is 5.17. The van der Waals surface area contributed by atoms with Gasteiger partial charge in [0.15, 0.2) is 0 Å². The normalized spacial score (nSPS) is 21.5. The van der Waals surface area contributed by atoms with Crippen molar-refractivity contribution in [2.24, 2.45) is 10.4 Å². The number of hydrogen-bond donors (Lipinski definition) is 1. The van der Waals surface area contributed by atoms with E-state index in [4.69, 9.17) is 9.47 Å². The molecule has 0 aliphatic carbocycles. The Balaban J connectivity index is 1.46. The van der Waals surface area contributed by atoms with Gasteiger partial charge in [-0.15, -0.1) is 0 Å². The quantitative estimate of drug-likeness (QED) is 0.769. The van der Waals surface area contributed by atoms with Crippen molar-refractivity contribution in [2.45, 2.75) is 13.3 Å². The fraction of sp³-hybridized carbons (Fsp3) is 0.350. The largest absolute Gasteiger partial charge is 0.475 e. The van der Waals surface area contributed by atoms with Crippen LogP contribution in [0.25, 0.3) is 22.2 Å². The summed E-state index contributed by atoms with van der Waals surface area (Å²) in [6.45, 7) is 4.40. The molecule has 1 atom stereocenters. The molecule has 1 N–H and O–H groups in total. The first-order valence-electron chi connectivity index (χ1n) is 8.99. The summed E-state index contributed by atoms with van der Waals surface area (Å²) in [6.07, 6.45) is 4.06. The van der Waals surface area contributed by atoms with E-state index >= 15 is 0 Å². The highest BCUT2D eigenvalue weighted by Gasteiger charge is 2.45. The molecule has 0 amide bonds. The number of aliphatic imine (C=N–C) groups is 1. The number of aryl methyl sites for hydroxylation is 1. The summed E-state index contributed by atoms with van der Waals surface area (Å²) < 4.78 is 26.1. The lowest BCUT2D eigenvalue weighted by atomic mass is 9.76. The highest BCUT2D eigenvalue weighted by atomic mass is 19.1. The number of H-pyrrole nitrogens is 1. The van der Waals surface area contributed by atoms with E-state index < -0.39 is 0 Å². The van der Waals surface area contributed by atoms with Gasteiger partial charge in [-0.05, 0) is 18.6 Å². The van der Waals surface area contributed by atoms with Crippen LogP contribution in [0.5, 0.6) is 5.88 Å². The second kappa shape index (κ2) is 6.13. The zero-order valence-corrected chi connectivity index (χ0v) is 15.0. The molecule has 6 nitrogen and oxygen atoms in total. The zero-order valence-electron chi connectivity index (χ0n) is 15.0. The van der Waals surface area contributed by atoms with E-state index in [2.05, 4.69) is 19.9 Å².